The van der Waals surface area contributed by atoms with Crippen molar-refractivity contribution in [2.24, 2.45) is 0 Å². The molecule has 2 aromatic rings. The molecule has 1 aliphatic heterocycles. The lowest BCUT2D eigenvalue weighted by Gasteiger charge is -2.20. The van der Waals surface area contributed by atoms with Crippen LogP contribution in [0.25, 0.3) is 0 Å². The number of nitrogens with zero attached hydrogens (tertiary/aromatic N) is 3. The van der Waals surface area contributed by atoms with Crippen LogP contribution in [0.1, 0.15) is 36.8 Å². The third-order valence-electron chi connectivity index (χ3n) is 4.82. The number of benzene rings is 1. The monoisotopic (exact) mass is 341 g/mol. The molecule has 5 nitrogen and oxygen atoms in total. The van der Waals surface area contributed by atoms with Crippen LogP contribution in [0.4, 0.5) is 0 Å². The van der Waals surface area contributed by atoms with Gasteiger partial charge in [-0.3, -0.25) is 0 Å². The van der Waals surface area contributed by atoms with Crippen LogP contribution in [-0.4, -0.2) is 48.2 Å². The molecule has 0 N–H and O–H groups in total. The largest absolute Gasteiger partial charge is 0.493 e. The molecule has 134 valence electrons. The van der Waals surface area contributed by atoms with Gasteiger partial charge >= 0.3 is 0 Å². The van der Waals surface area contributed by atoms with Gasteiger partial charge in [0.25, 0.3) is 0 Å². The van der Waals surface area contributed by atoms with Crippen LogP contribution in [0.5, 0.6) is 11.5 Å². The lowest BCUT2D eigenvalue weighted by Crippen LogP contribution is -2.30. The van der Waals surface area contributed by atoms with Crippen molar-refractivity contribution in [1.82, 2.24) is 14.9 Å². The van der Waals surface area contributed by atoms with Gasteiger partial charge in [-0.05, 0) is 56.6 Å². The van der Waals surface area contributed by atoms with Crippen LogP contribution < -0.4 is 9.47 Å². The maximum Gasteiger partial charge on any atom is 0.161 e. The molecular formula is C20H27N3O2. The molecule has 2 heterocycles. The second-order valence-corrected chi connectivity index (χ2v) is 6.57. The highest BCUT2D eigenvalue weighted by molar-refractivity contribution is 5.43. The summed E-state index contributed by atoms with van der Waals surface area (Å²) in [4.78, 5) is 11.3. The first kappa shape index (κ1) is 17.7. The van der Waals surface area contributed by atoms with E-state index in [4.69, 9.17) is 9.47 Å². The fourth-order valence-corrected chi connectivity index (χ4v) is 3.23. The van der Waals surface area contributed by atoms with Gasteiger partial charge in [-0.25, -0.2) is 9.97 Å². The number of likely N-dealkylation sites (N-methyl/N-ethyl adjacent to an activating group) is 1. The van der Waals surface area contributed by atoms with Crippen LogP contribution in [0.2, 0.25) is 0 Å². The minimum absolute atomic E-state index is 0.484. The van der Waals surface area contributed by atoms with Crippen molar-refractivity contribution in [3.05, 3.63) is 47.5 Å². The Morgan fingerprint density at radius 1 is 1.24 bits per heavy atom. The van der Waals surface area contributed by atoms with Gasteiger partial charge in [0.1, 0.15) is 12.4 Å². The van der Waals surface area contributed by atoms with Crippen molar-refractivity contribution in [2.75, 3.05) is 27.3 Å². The van der Waals surface area contributed by atoms with E-state index >= 15 is 0 Å². The van der Waals surface area contributed by atoms with E-state index in [1.807, 2.05) is 18.3 Å². The standard InChI is InChI=1S/C20H27N3O2/c1-4-16-9-10-21-20(22-16)13-15-7-8-18(24-3)19(12-15)25-14-17-6-5-11-23(17)2/h7-10,12,17H,4-6,11,13-14H2,1-3H3. The number of likely N-dealkylation sites (tertiary alicyclic amines) is 1. The predicted octanol–water partition coefficient (Wildman–Crippen LogP) is 3.11. The number of aryl methyl sites for hydroxylation is 1. The molecule has 3 rings (SSSR count). The summed E-state index contributed by atoms with van der Waals surface area (Å²) >= 11 is 0. The van der Waals surface area contributed by atoms with Crippen LogP contribution in [-0.2, 0) is 12.8 Å². The Balaban J connectivity index is 1.72. The van der Waals surface area contributed by atoms with Gasteiger partial charge in [-0.1, -0.05) is 13.0 Å². The maximum atomic E-state index is 6.10. The summed E-state index contributed by atoms with van der Waals surface area (Å²) < 4.78 is 11.6. The molecule has 1 saturated heterocycles. The zero-order chi connectivity index (χ0) is 17.6. The van der Waals surface area contributed by atoms with Crippen molar-refractivity contribution >= 4 is 0 Å². The molecule has 5 heteroatoms. The molecule has 1 aliphatic rings. The van der Waals surface area contributed by atoms with Crippen LogP contribution >= 0.6 is 0 Å². The smallest absolute Gasteiger partial charge is 0.161 e. The van der Waals surface area contributed by atoms with Crippen molar-refractivity contribution in [1.29, 1.82) is 0 Å². The van der Waals surface area contributed by atoms with Gasteiger partial charge in [-0.2, -0.15) is 0 Å². The quantitative estimate of drug-likeness (QED) is 0.774. The molecular weight excluding hydrogens is 314 g/mol. The molecule has 1 unspecified atom stereocenters. The van der Waals surface area contributed by atoms with E-state index < -0.39 is 0 Å². The van der Waals surface area contributed by atoms with Gasteiger partial charge in [0, 0.05) is 24.4 Å². The van der Waals surface area contributed by atoms with E-state index in [-0.39, 0.29) is 0 Å². The van der Waals surface area contributed by atoms with Crippen LogP contribution in [0.3, 0.4) is 0 Å². The first-order chi connectivity index (χ1) is 12.2. The lowest BCUT2D eigenvalue weighted by molar-refractivity contribution is 0.193. The molecule has 0 aliphatic carbocycles. The Morgan fingerprint density at radius 2 is 2.12 bits per heavy atom. The molecule has 25 heavy (non-hydrogen) atoms. The number of rotatable bonds is 7. The van der Waals surface area contributed by atoms with Gasteiger partial charge in [0.15, 0.2) is 11.5 Å². The highest BCUT2D eigenvalue weighted by atomic mass is 16.5. The highest BCUT2D eigenvalue weighted by Crippen LogP contribution is 2.29. The third kappa shape index (κ3) is 4.48. The SMILES string of the molecule is CCc1ccnc(Cc2ccc(OC)c(OCC3CCCN3C)c2)n1. The molecule has 0 bridgehead atoms. The average molecular weight is 341 g/mol. The minimum atomic E-state index is 0.484. The van der Waals surface area contributed by atoms with E-state index in [2.05, 4.69) is 41.0 Å². The fourth-order valence-electron chi connectivity index (χ4n) is 3.23. The van der Waals surface area contributed by atoms with Gasteiger partial charge in [0.05, 0.1) is 7.11 Å². The Labute approximate surface area is 150 Å². The van der Waals surface area contributed by atoms with Crippen molar-refractivity contribution in [2.45, 2.75) is 38.6 Å². The summed E-state index contributed by atoms with van der Waals surface area (Å²) in [5, 5.41) is 0. The predicted molar refractivity (Wildman–Crippen MR) is 98.4 cm³/mol. The topological polar surface area (TPSA) is 47.5 Å². The van der Waals surface area contributed by atoms with Crippen molar-refractivity contribution in [3.8, 4) is 11.5 Å². The molecule has 0 spiro atoms. The van der Waals surface area contributed by atoms with Gasteiger partial charge < -0.3 is 14.4 Å². The molecule has 1 aromatic heterocycles. The van der Waals surface area contributed by atoms with E-state index in [0.29, 0.717) is 19.1 Å². The van der Waals surface area contributed by atoms with E-state index in [9.17, 15) is 0 Å². The summed E-state index contributed by atoms with van der Waals surface area (Å²) in [6.07, 6.45) is 5.87. The summed E-state index contributed by atoms with van der Waals surface area (Å²) in [5.74, 6) is 2.41. The van der Waals surface area contributed by atoms with Gasteiger partial charge in [-0.15, -0.1) is 0 Å². The maximum absolute atomic E-state index is 6.10. The van der Waals surface area contributed by atoms with Crippen LogP contribution in [0.15, 0.2) is 30.5 Å². The Hall–Kier alpha value is -2.14. The molecule has 1 fully saturated rings. The Kier molecular flexibility index (Phi) is 5.87. The lowest BCUT2D eigenvalue weighted by atomic mass is 10.1. The van der Waals surface area contributed by atoms with E-state index in [1.165, 1.54) is 12.8 Å². The molecule has 0 amide bonds. The number of methoxy groups -OCH3 is 1. The molecule has 0 radical (unpaired) electrons. The van der Waals surface area contributed by atoms with E-state index in [0.717, 1.165) is 41.5 Å². The normalized spacial score (nSPS) is 17.6. The number of aromatic nitrogens is 2. The highest BCUT2D eigenvalue weighted by Gasteiger charge is 2.22. The first-order valence-electron chi connectivity index (χ1n) is 9.00. The Morgan fingerprint density at radius 3 is 2.84 bits per heavy atom. The number of ether oxygens (including phenoxy) is 2. The van der Waals surface area contributed by atoms with Crippen molar-refractivity contribution in [3.63, 3.8) is 0 Å². The minimum Gasteiger partial charge on any atom is -0.493 e. The fraction of sp³-hybridized carbons (Fsp3) is 0.500. The molecule has 1 aromatic carbocycles. The zero-order valence-corrected chi connectivity index (χ0v) is 15.4. The summed E-state index contributed by atoms with van der Waals surface area (Å²) in [7, 11) is 3.84. The number of hydrogen-bond acceptors (Lipinski definition) is 5. The summed E-state index contributed by atoms with van der Waals surface area (Å²) in [6, 6.07) is 8.51. The second kappa shape index (κ2) is 8.30. The van der Waals surface area contributed by atoms with Crippen LogP contribution in [0, 0.1) is 0 Å². The summed E-state index contributed by atoms with van der Waals surface area (Å²) in [5.41, 5.74) is 2.20. The molecule has 1 atom stereocenters. The third-order valence-corrected chi connectivity index (χ3v) is 4.82. The first-order valence-corrected chi connectivity index (χ1v) is 9.00. The van der Waals surface area contributed by atoms with Gasteiger partial charge in [0.2, 0.25) is 0 Å². The average Bonchev–Trinajstić information content (AvgIpc) is 3.05. The molecule has 0 saturated carbocycles. The van der Waals surface area contributed by atoms with Crippen molar-refractivity contribution < 1.29 is 9.47 Å². The van der Waals surface area contributed by atoms with E-state index in [1.54, 1.807) is 7.11 Å². The number of hydrogen-bond donors (Lipinski definition) is 0. The zero-order valence-electron chi connectivity index (χ0n) is 15.4. The summed E-state index contributed by atoms with van der Waals surface area (Å²) in [6.45, 7) is 3.94. The Bertz CT molecular complexity index is 705. The second-order valence-electron chi connectivity index (χ2n) is 6.57.